The van der Waals surface area contributed by atoms with E-state index in [2.05, 4.69) is 12.2 Å². The van der Waals surface area contributed by atoms with Gasteiger partial charge in [0.25, 0.3) is 0 Å². The second kappa shape index (κ2) is 7.06. The summed E-state index contributed by atoms with van der Waals surface area (Å²) < 4.78 is 18.7. The Morgan fingerprint density at radius 1 is 1.10 bits per heavy atom. The highest BCUT2D eigenvalue weighted by molar-refractivity contribution is 5.68. The molecule has 0 aliphatic rings. The van der Waals surface area contributed by atoms with E-state index in [9.17, 15) is 4.39 Å². The lowest BCUT2D eigenvalue weighted by Crippen LogP contribution is -2.14. The van der Waals surface area contributed by atoms with Gasteiger partial charge in [0.05, 0.1) is 7.11 Å². The van der Waals surface area contributed by atoms with Crippen molar-refractivity contribution in [1.29, 1.82) is 0 Å². The lowest BCUT2D eigenvalue weighted by atomic mass is 9.99. The summed E-state index contributed by atoms with van der Waals surface area (Å²) in [5.74, 6) is 0.589. The van der Waals surface area contributed by atoms with Gasteiger partial charge in [0.1, 0.15) is 11.6 Å². The smallest absolute Gasteiger partial charge is 0.123 e. The van der Waals surface area contributed by atoms with E-state index in [1.165, 1.54) is 6.07 Å². The van der Waals surface area contributed by atoms with Gasteiger partial charge in [-0.3, -0.25) is 0 Å². The Hall–Kier alpha value is -1.87. The van der Waals surface area contributed by atoms with Gasteiger partial charge in [-0.1, -0.05) is 25.1 Å². The third kappa shape index (κ3) is 3.58. The molecule has 0 aliphatic heterocycles. The molecule has 0 aliphatic carbocycles. The summed E-state index contributed by atoms with van der Waals surface area (Å²) >= 11 is 0. The first-order valence-electron chi connectivity index (χ1n) is 6.88. The van der Waals surface area contributed by atoms with Crippen molar-refractivity contribution >= 4 is 0 Å². The Morgan fingerprint density at radius 3 is 2.50 bits per heavy atom. The number of methoxy groups -OCH3 is 1. The average molecular weight is 273 g/mol. The van der Waals surface area contributed by atoms with Crippen LogP contribution < -0.4 is 10.1 Å². The molecule has 2 aromatic rings. The number of hydrogen-bond acceptors (Lipinski definition) is 2. The van der Waals surface area contributed by atoms with E-state index in [-0.39, 0.29) is 5.82 Å². The molecule has 0 fully saturated rings. The monoisotopic (exact) mass is 273 g/mol. The largest absolute Gasteiger partial charge is 0.497 e. The van der Waals surface area contributed by atoms with Crippen molar-refractivity contribution in [3.63, 3.8) is 0 Å². The van der Waals surface area contributed by atoms with Crippen LogP contribution >= 0.6 is 0 Å². The third-order valence-corrected chi connectivity index (χ3v) is 3.22. The Labute approximate surface area is 119 Å². The quantitative estimate of drug-likeness (QED) is 0.803. The van der Waals surface area contributed by atoms with E-state index in [1.807, 2.05) is 30.3 Å². The molecule has 20 heavy (non-hydrogen) atoms. The van der Waals surface area contributed by atoms with Gasteiger partial charge in [0.15, 0.2) is 0 Å². The van der Waals surface area contributed by atoms with Crippen LogP contribution in [0.1, 0.15) is 18.9 Å². The zero-order chi connectivity index (χ0) is 14.4. The Balaban J connectivity index is 2.29. The molecule has 0 saturated heterocycles. The topological polar surface area (TPSA) is 21.3 Å². The fraction of sp³-hybridized carbons (Fsp3) is 0.294. The number of hydrogen-bond donors (Lipinski definition) is 1. The molecular formula is C17H20FNO. The van der Waals surface area contributed by atoms with E-state index < -0.39 is 0 Å². The summed E-state index contributed by atoms with van der Waals surface area (Å²) in [7, 11) is 1.64. The molecule has 0 amide bonds. The zero-order valence-electron chi connectivity index (χ0n) is 11.9. The average Bonchev–Trinajstić information content (AvgIpc) is 2.49. The molecular weight excluding hydrogens is 253 g/mol. The normalized spacial score (nSPS) is 10.6. The second-order valence-corrected chi connectivity index (χ2v) is 4.71. The van der Waals surface area contributed by atoms with Crippen LogP contribution in [0, 0.1) is 5.82 Å². The lowest BCUT2D eigenvalue weighted by molar-refractivity contribution is 0.415. The van der Waals surface area contributed by atoms with Gasteiger partial charge in [0.2, 0.25) is 0 Å². The minimum absolute atomic E-state index is 0.213. The van der Waals surface area contributed by atoms with Crippen LogP contribution in [0.5, 0.6) is 5.75 Å². The van der Waals surface area contributed by atoms with E-state index in [0.29, 0.717) is 0 Å². The van der Waals surface area contributed by atoms with E-state index in [1.54, 1.807) is 13.2 Å². The van der Waals surface area contributed by atoms with Gasteiger partial charge >= 0.3 is 0 Å². The van der Waals surface area contributed by atoms with Gasteiger partial charge in [-0.15, -0.1) is 0 Å². The molecule has 0 heterocycles. The molecule has 0 atom stereocenters. The maximum atomic E-state index is 13.5. The number of rotatable bonds is 6. The lowest BCUT2D eigenvalue weighted by Gasteiger charge is -2.11. The number of ether oxygens (including phenoxy) is 1. The minimum Gasteiger partial charge on any atom is -0.497 e. The summed E-state index contributed by atoms with van der Waals surface area (Å²) in [6.07, 6.45) is 1.08. The van der Waals surface area contributed by atoms with Crippen LogP contribution in [-0.4, -0.2) is 13.7 Å². The highest BCUT2D eigenvalue weighted by atomic mass is 19.1. The predicted molar refractivity (Wildman–Crippen MR) is 80.4 cm³/mol. The molecule has 0 aromatic heterocycles. The van der Waals surface area contributed by atoms with Gasteiger partial charge < -0.3 is 10.1 Å². The highest BCUT2D eigenvalue weighted by Gasteiger charge is 2.07. The van der Waals surface area contributed by atoms with Gasteiger partial charge in [-0.05, 0) is 53.9 Å². The van der Waals surface area contributed by atoms with Crippen molar-refractivity contribution < 1.29 is 9.13 Å². The van der Waals surface area contributed by atoms with Crippen LogP contribution in [0.4, 0.5) is 4.39 Å². The van der Waals surface area contributed by atoms with Crippen LogP contribution in [0.3, 0.4) is 0 Å². The van der Waals surface area contributed by atoms with Gasteiger partial charge in [-0.25, -0.2) is 4.39 Å². The van der Waals surface area contributed by atoms with Crippen LogP contribution in [0.2, 0.25) is 0 Å². The molecule has 3 heteroatoms. The molecule has 2 aromatic carbocycles. The summed E-state index contributed by atoms with van der Waals surface area (Å²) in [5, 5.41) is 3.36. The fourth-order valence-electron chi connectivity index (χ4n) is 2.14. The predicted octanol–water partition coefficient (Wildman–Crippen LogP) is 4.00. The molecule has 2 rings (SSSR count). The minimum atomic E-state index is -0.213. The molecule has 0 radical (unpaired) electrons. The Bertz CT molecular complexity index is 551. The summed E-state index contributed by atoms with van der Waals surface area (Å²) in [5.41, 5.74) is 3.03. The van der Waals surface area contributed by atoms with Crippen molar-refractivity contribution in [2.24, 2.45) is 0 Å². The molecule has 0 spiro atoms. The summed E-state index contributed by atoms with van der Waals surface area (Å²) in [6, 6.07) is 12.6. The first kappa shape index (κ1) is 14.5. The number of halogens is 1. The van der Waals surface area contributed by atoms with E-state index >= 15 is 0 Å². The Morgan fingerprint density at radius 2 is 1.85 bits per heavy atom. The van der Waals surface area contributed by atoms with Crippen LogP contribution in [0.15, 0.2) is 42.5 Å². The number of benzene rings is 2. The highest BCUT2D eigenvalue weighted by Crippen LogP contribution is 2.26. The Kier molecular flexibility index (Phi) is 5.13. The van der Waals surface area contributed by atoms with Gasteiger partial charge in [0, 0.05) is 6.54 Å². The molecule has 0 unspecified atom stereocenters. The van der Waals surface area contributed by atoms with E-state index in [0.717, 1.165) is 42.0 Å². The molecule has 106 valence electrons. The zero-order valence-corrected chi connectivity index (χ0v) is 11.9. The summed E-state index contributed by atoms with van der Waals surface area (Å²) in [4.78, 5) is 0. The van der Waals surface area contributed by atoms with Crippen LogP contribution in [-0.2, 0) is 6.54 Å². The van der Waals surface area contributed by atoms with Crippen molar-refractivity contribution in [3.8, 4) is 16.9 Å². The maximum absolute atomic E-state index is 13.5. The maximum Gasteiger partial charge on any atom is 0.123 e. The van der Waals surface area contributed by atoms with Crippen molar-refractivity contribution in [2.75, 3.05) is 13.7 Å². The van der Waals surface area contributed by atoms with Crippen molar-refractivity contribution in [1.82, 2.24) is 5.32 Å². The van der Waals surface area contributed by atoms with E-state index in [4.69, 9.17) is 4.74 Å². The van der Waals surface area contributed by atoms with Crippen molar-refractivity contribution in [3.05, 3.63) is 53.8 Å². The SMILES string of the molecule is CCCNCc1ccc(F)cc1-c1ccc(OC)cc1. The second-order valence-electron chi connectivity index (χ2n) is 4.71. The third-order valence-electron chi connectivity index (χ3n) is 3.22. The van der Waals surface area contributed by atoms with Gasteiger partial charge in [-0.2, -0.15) is 0 Å². The first-order chi connectivity index (χ1) is 9.74. The fourth-order valence-corrected chi connectivity index (χ4v) is 2.14. The molecule has 2 nitrogen and oxygen atoms in total. The van der Waals surface area contributed by atoms with Crippen molar-refractivity contribution in [2.45, 2.75) is 19.9 Å². The molecule has 0 bridgehead atoms. The standard InChI is InChI=1S/C17H20FNO/c1-3-10-19-12-14-4-7-15(18)11-17(14)13-5-8-16(20-2)9-6-13/h4-9,11,19H,3,10,12H2,1-2H3. The number of nitrogens with one attached hydrogen (secondary N) is 1. The first-order valence-corrected chi connectivity index (χ1v) is 6.88. The van der Waals surface area contributed by atoms with Crippen LogP contribution in [0.25, 0.3) is 11.1 Å². The molecule has 1 N–H and O–H groups in total. The molecule has 0 saturated carbocycles. The summed E-state index contributed by atoms with van der Waals surface area (Å²) in [6.45, 7) is 3.83.